The summed E-state index contributed by atoms with van der Waals surface area (Å²) in [6.07, 6.45) is 4.78. The van der Waals surface area contributed by atoms with Gasteiger partial charge in [-0.05, 0) is 76.8 Å². The number of aromatic nitrogens is 3. The Bertz CT molecular complexity index is 1560. The third-order valence-electron chi connectivity index (χ3n) is 7.37. The van der Waals surface area contributed by atoms with Crippen molar-refractivity contribution >= 4 is 16.8 Å². The van der Waals surface area contributed by atoms with Crippen LogP contribution in [0, 0.1) is 6.92 Å². The van der Waals surface area contributed by atoms with Crippen LogP contribution in [0.15, 0.2) is 65.6 Å². The lowest BCUT2D eigenvalue weighted by Gasteiger charge is -2.29. The van der Waals surface area contributed by atoms with Gasteiger partial charge >= 0.3 is 0 Å². The molecule has 2 aromatic heterocycles. The van der Waals surface area contributed by atoms with Crippen LogP contribution < -0.4 is 20.3 Å². The molecule has 5 rings (SSSR count). The molecular formula is C31H36N4O5. The summed E-state index contributed by atoms with van der Waals surface area (Å²) in [7, 11) is 1.63. The van der Waals surface area contributed by atoms with Crippen LogP contribution in [0.5, 0.6) is 11.5 Å². The number of ether oxygens (including phenoxy) is 2. The van der Waals surface area contributed by atoms with E-state index in [1.54, 1.807) is 38.8 Å². The van der Waals surface area contributed by atoms with Gasteiger partial charge in [0.05, 0.1) is 42.3 Å². The zero-order valence-corrected chi connectivity index (χ0v) is 23.4. The zero-order chi connectivity index (χ0) is 28.4. The van der Waals surface area contributed by atoms with E-state index in [1.165, 1.54) is 4.68 Å². The number of amides is 1. The van der Waals surface area contributed by atoms with E-state index in [0.717, 1.165) is 48.1 Å². The van der Waals surface area contributed by atoms with Crippen LogP contribution in [-0.2, 0) is 6.54 Å². The van der Waals surface area contributed by atoms with Crippen LogP contribution in [0.3, 0.4) is 0 Å². The monoisotopic (exact) mass is 544 g/mol. The molecular weight excluding hydrogens is 508 g/mol. The first-order valence-electron chi connectivity index (χ1n) is 13.6. The van der Waals surface area contributed by atoms with Crippen molar-refractivity contribution in [3.63, 3.8) is 0 Å². The van der Waals surface area contributed by atoms with E-state index < -0.39 is 11.2 Å². The fraction of sp³-hybridized carbons (Fsp3) is 0.387. The number of hydrogen-bond acceptors (Lipinski definition) is 6. The van der Waals surface area contributed by atoms with Gasteiger partial charge in [-0.25, -0.2) is 4.68 Å². The maximum Gasteiger partial charge on any atom is 0.284 e. The molecule has 9 heteroatoms. The SMILES string of the molecule is COc1ccc2c(O[C@H]3CC[C@H](NC(=O)c4c(C)n(CC(C)(C)O)n(-c5ccccc5)c4=O)CC3)ccnc2c1. The highest BCUT2D eigenvalue weighted by molar-refractivity contribution is 5.95. The number of rotatable bonds is 8. The van der Waals surface area contributed by atoms with E-state index in [4.69, 9.17) is 9.47 Å². The fourth-order valence-electron chi connectivity index (χ4n) is 5.39. The van der Waals surface area contributed by atoms with Gasteiger partial charge in [0, 0.05) is 23.7 Å². The molecule has 0 atom stereocenters. The second kappa shape index (κ2) is 11.2. The average molecular weight is 545 g/mol. The number of carbonyl (C=O) groups excluding carboxylic acids is 1. The first-order valence-corrected chi connectivity index (χ1v) is 13.6. The molecule has 0 radical (unpaired) electrons. The highest BCUT2D eigenvalue weighted by atomic mass is 16.5. The summed E-state index contributed by atoms with van der Waals surface area (Å²) in [6, 6.07) is 16.7. The summed E-state index contributed by atoms with van der Waals surface area (Å²) in [6.45, 7) is 5.27. The summed E-state index contributed by atoms with van der Waals surface area (Å²) >= 11 is 0. The summed E-state index contributed by atoms with van der Waals surface area (Å²) in [5, 5.41) is 14.5. The van der Waals surface area contributed by atoms with Gasteiger partial charge < -0.3 is 19.9 Å². The Hall–Kier alpha value is -4.11. The van der Waals surface area contributed by atoms with Crippen LogP contribution in [-0.4, -0.2) is 50.2 Å². The predicted molar refractivity (Wildman–Crippen MR) is 153 cm³/mol. The lowest BCUT2D eigenvalue weighted by Crippen LogP contribution is -2.41. The molecule has 0 bridgehead atoms. The number of aliphatic hydroxyl groups is 1. The molecule has 9 nitrogen and oxygen atoms in total. The number of para-hydroxylation sites is 1. The average Bonchev–Trinajstić information content (AvgIpc) is 3.17. The van der Waals surface area contributed by atoms with E-state index in [9.17, 15) is 14.7 Å². The Kier molecular flexibility index (Phi) is 7.67. The number of nitrogens with zero attached hydrogens (tertiary/aromatic N) is 3. The minimum Gasteiger partial charge on any atom is -0.497 e. The van der Waals surface area contributed by atoms with Gasteiger partial charge in [-0.2, -0.15) is 0 Å². The Labute approximate surface area is 233 Å². The first kappa shape index (κ1) is 27.5. The molecule has 0 spiro atoms. The van der Waals surface area contributed by atoms with E-state index in [1.807, 2.05) is 54.6 Å². The number of pyridine rings is 1. The van der Waals surface area contributed by atoms with Crippen LogP contribution in [0.25, 0.3) is 16.6 Å². The molecule has 4 aromatic rings. The smallest absolute Gasteiger partial charge is 0.284 e. The van der Waals surface area contributed by atoms with Crippen molar-refractivity contribution in [3.05, 3.63) is 82.4 Å². The minimum atomic E-state index is -1.08. The minimum absolute atomic E-state index is 0.0192. The van der Waals surface area contributed by atoms with E-state index in [-0.39, 0.29) is 30.2 Å². The Balaban J connectivity index is 1.29. The largest absolute Gasteiger partial charge is 0.497 e. The molecule has 210 valence electrons. The summed E-state index contributed by atoms with van der Waals surface area (Å²) in [4.78, 5) is 31.4. The lowest BCUT2D eigenvalue weighted by molar-refractivity contribution is 0.0545. The summed E-state index contributed by atoms with van der Waals surface area (Å²) in [5.74, 6) is 1.14. The van der Waals surface area contributed by atoms with Crippen molar-refractivity contribution in [1.29, 1.82) is 0 Å². The number of fused-ring (bicyclic) bond motifs is 1. The molecule has 40 heavy (non-hydrogen) atoms. The van der Waals surface area contributed by atoms with Gasteiger partial charge in [-0.1, -0.05) is 18.2 Å². The van der Waals surface area contributed by atoms with Crippen molar-refractivity contribution in [2.45, 2.75) is 70.7 Å². The Morgan fingerprint density at radius 3 is 2.50 bits per heavy atom. The molecule has 0 unspecified atom stereocenters. The fourth-order valence-corrected chi connectivity index (χ4v) is 5.39. The summed E-state index contributed by atoms with van der Waals surface area (Å²) < 4.78 is 14.8. The molecule has 1 fully saturated rings. The second-order valence-corrected chi connectivity index (χ2v) is 11.0. The molecule has 1 aliphatic rings. The van der Waals surface area contributed by atoms with Gasteiger partial charge in [-0.15, -0.1) is 0 Å². The number of benzene rings is 2. The third kappa shape index (κ3) is 5.74. The number of methoxy groups -OCH3 is 1. The molecule has 0 aliphatic heterocycles. The van der Waals surface area contributed by atoms with Crippen molar-refractivity contribution < 1.29 is 19.4 Å². The number of hydrogen-bond donors (Lipinski definition) is 2. The molecule has 0 saturated heterocycles. The normalized spacial score (nSPS) is 17.5. The van der Waals surface area contributed by atoms with Crippen LogP contribution >= 0.6 is 0 Å². The standard InChI is InChI=1S/C31H36N4O5/c1-20-28(30(37)35(22-8-6-5-7-9-22)34(20)19-31(2,3)38)29(36)33-21-10-12-23(13-11-21)40-27-16-17-32-26-18-24(39-4)14-15-25(26)27/h5-9,14-18,21,23,38H,10-13,19H2,1-4H3,(H,33,36)/t21-,23-. The number of nitrogens with one attached hydrogen (secondary N) is 1. The van der Waals surface area contributed by atoms with E-state index in [0.29, 0.717) is 11.4 Å². The van der Waals surface area contributed by atoms with E-state index >= 15 is 0 Å². The van der Waals surface area contributed by atoms with Gasteiger partial charge in [0.25, 0.3) is 11.5 Å². The van der Waals surface area contributed by atoms with Crippen LogP contribution in [0.2, 0.25) is 0 Å². The van der Waals surface area contributed by atoms with Crippen molar-refractivity contribution in [2.24, 2.45) is 0 Å². The quantitative estimate of drug-likeness (QED) is 0.341. The van der Waals surface area contributed by atoms with E-state index in [2.05, 4.69) is 10.3 Å². The molecule has 1 saturated carbocycles. The molecule has 1 aliphatic carbocycles. The van der Waals surface area contributed by atoms with Crippen molar-refractivity contribution in [3.8, 4) is 17.2 Å². The van der Waals surface area contributed by atoms with Gasteiger partial charge in [0.15, 0.2) is 0 Å². The highest BCUT2D eigenvalue weighted by Crippen LogP contribution is 2.31. The third-order valence-corrected chi connectivity index (χ3v) is 7.37. The first-order chi connectivity index (χ1) is 19.1. The van der Waals surface area contributed by atoms with Gasteiger partial charge in [0.1, 0.15) is 17.1 Å². The topological polar surface area (TPSA) is 108 Å². The summed E-state index contributed by atoms with van der Waals surface area (Å²) in [5.41, 5.74) is 0.593. The molecule has 2 N–H and O–H groups in total. The number of carbonyl (C=O) groups is 1. The molecule has 2 heterocycles. The highest BCUT2D eigenvalue weighted by Gasteiger charge is 2.30. The zero-order valence-electron chi connectivity index (χ0n) is 23.4. The van der Waals surface area contributed by atoms with Crippen molar-refractivity contribution in [1.82, 2.24) is 19.7 Å². The van der Waals surface area contributed by atoms with Gasteiger partial charge in [-0.3, -0.25) is 19.3 Å². The molecule has 1 amide bonds. The van der Waals surface area contributed by atoms with Gasteiger partial charge in [0.2, 0.25) is 0 Å². The maximum atomic E-state index is 13.5. The van der Waals surface area contributed by atoms with Crippen LogP contribution in [0.1, 0.15) is 55.6 Å². The Morgan fingerprint density at radius 2 is 1.82 bits per heavy atom. The van der Waals surface area contributed by atoms with Crippen molar-refractivity contribution in [2.75, 3.05) is 7.11 Å². The van der Waals surface area contributed by atoms with Crippen LogP contribution in [0.4, 0.5) is 0 Å². The second-order valence-electron chi connectivity index (χ2n) is 11.0. The Morgan fingerprint density at radius 1 is 1.10 bits per heavy atom. The predicted octanol–water partition coefficient (Wildman–Crippen LogP) is 4.40. The molecule has 2 aromatic carbocycles. The maximum absolute atomic E-state index is 13.5. The lowest BCUT2D eigenvalue weighted by atomic mass is 9.92.